The molecule has 1 aromatic rings. The lowest BCUT2D eigenvalue weighted by Crippen LogP contribution is -1.84. The van der Waals surface area contributed by atoms with Crippen molar-refractivity contribution in [2.24, 2.45) is 0 Å². The number of aliphatic hydroxyl groups is 1. The van der Waals surface area contributed by atoms with Crippen LogP contribution in [0.2, 0.25) is 5.02 Å². The molecule has 0 heterocycles. The molecule has 1 aromatic carbocycles. The number of halogens is 1. The first-order chi connectivity index (χ1) is 5.27. The molecule has 0 radical (unpaired) electrons. The lowest BCUT2D eigenvalue weighted by atomic mass is 10.1. The quantitative estimate of drug-likeness (QED) is 0.720. The van der Waals surface area contributed by atoms with E-state index in [9.17, 15) is 0 Å². The van der Waals surface area contributed by atoms with Gasteiger partial charge < -0.3 is 5.11 Å². The molecule has 1 N–H and O–H groups in total. The Balaban J connectivity index is 3.09. The zero-order valence-corrected chi connectivity index (χ0v) is 6.80. The van der Waals surface area contributed by atoms with E-state index in [1.165, 1.54) is 0 Å². The highest BCUT2D eigenvalue weighted by molar-refractivity contribution is 6.31. The minimum atomic E-state index is -0.0176. The molecule has 0 bridgehead atoms. The second kappa shape index (κ2) is 3.56. The molecule has 0 unspecified atom stereocenters. The van der Waals surface area contributed by atoms with E-state index in [1.54, 1.807) is 18.2 Å². The number of hydrogen-bond donors (Lipinski definition) is 1. The Labute approximate surface area is 70.9 Å². The lowest BCUT2D eigenvalue weighted by Gasteiger charge is -2.00. The Kier molecular flexibility index (Phi) is 2.69. The average molecular weight is 169 g/mol. The van der Waals surface area contributed by atoms with Gasteiger partial charge in [0, 0.05) is 5.02 Å². The fourth-order valence-electron chi connectivity index (χ4n) is 0.819. The maximum atomic E-state index is 8.77. The summed E-state index contributed by atoms with van der Waals surface area (Å²) in [7, 11) is 0. The highest BCUT2D eigenvalue weighted by Crippen LogP contribution is 2.18. The molecule has 0 atom stereocenters. The van der Waals surface area contributed by atoms with E-state index >= 15 is 0 Å². The van der Waals surface area contributed by atoms with Gasteiger partial charge in [0.1, 0.15) is 0 Å². The molecule has 11 heavy (non-hydrogen) atoms. The topological polar surface area (TPSA) is 20.2 Å². The van der Waals surface area contributed by atoms with Gasteiger partial charge in [-0.1, -0.05) is 36.4 Å². The van der Waals surface area contributed by atoms with Crippen molar-refractivity contribution >= 4 is 17.7 Å². The fraction of sp³-hybridized carbons (Fsp3) is 0.111. The molecule has 0 amide bonds. The third-order valence-corrected chi connectivity index (χ3v) is 1.84. The SMILES string of the molecule is C=Cc1ccc(CO)c(Cl)c1. The molecule has 0 saturated carbocycles. The van der Waals surface area contributed by atoms with E-state index in [0.29, 0.717) is 5.02 Å². The van der Waals surface area contributed by atoms with Crippen LogP contribution >= 0.6 is 11.6 Å². The van der Waals surface area contributed by atoms with Crippen LogP contribution < -0.4 is 0 Å². The molecule has 0 fully saturated rings. The molecule has 0 aliphatic heterocycles. The summed E-state index contributed by atoms with van der Waals surface area (Å²) in [5.74, 6) is 0. The second-order valence-electron chi connectivity index (χ2n) is 2.21. The Morgan fingerprint density at radius 3 is 2.73 bits per heavy atom. The summed E-state index contributed by atoms with van der Waals surface area (Å²) < 4.78 is 0. The van der Waals surface area contributed by atoms with E-state index in [0.717, 1.165) is 11.1 Å². The molecular formula is C9H9ClO. The van der Waals surface area contributed by atoms with Crippen molar-refractivity contribution in [2.45, 2.75) is 6.61 Å². The van der Waals surface area contributed by atoms with Gasteiger partial charge in [-0.15, -0.1) is 0 Å². The molecule has 1 rings (SSSR count). The van der Waals surface area contributed by atoms with Crippen LogP contribution in [0, 0.1) is 0 Å². The second-order valence-corrected chi connectivity index (χ2v) is 2.62. The zero-order chi connectivity index (χ0) is 8.27. The Morgan fingerprint density at radius 1 is 1.55 bits per heavy atom. The standard InChI is InChI=1S/C9H9ClO/c1-2-7-3-4-8(6-11)9(10)5-7/h2-5,11H,1,6H2. The van der Waals surface area contributed by atoms with Crippen LogP contribution in [0.1, 0.15) is 11.1 Å². The van der Waals surface area contributed by atoms with Gasteiger partial charge in [-0.2, -0.15) is 0 Å². The monoisotopic (exact) mass is 168 g/mol. The first kappa shape index (κ1) is 8.31. The molecule has 0 aliphatic carbocycles. The molecule has 0 aliphatic rings. The van der Waals surface area contributed by atoms with Crippen molar-refractivity contribution in [3.8, 4) is 0 Å². The van der Waals surface area contributed by atoms with Crippen molar-refractivity contribution in [3.63, 3.8) is 0 Å². The predicted octanol–water partition coefficient (Wildman–Crippen LogP) is 2.48. The van der Waals surface area contributed by atoms with Crippen LogP contribution in [-0.2, 0) is 6.61 Å². The maximum Gasteiger partial charge on any atom is 0.0696 e. The molecule has 0 spiro atoms. The van der Waals surface area contributed by atoms with E-state index in [2.05, 4.69) is 6.58 Å². The molecule has 2 heteroatoms. The van der Waals surface area contributed by atoms with Gasteiger partial charge in [-0.25, -0.2) is 0 Å². The fourth-order valence-corrected chi connectivity index (χ4v) is 1.07. The molecule has 1 nitrogen and oxygen atoms in total. The summed E-state index contributed by atoms with van der Waals surface area (Å²) in [6.45, 7) is 3.59. The van der Waals surface area contributed by atoms with Gasteiger partial charge in [0.25, 0.3) is 0 Å². The lowest BCUT2D eigenvalue weighted by molar-refractivity contribution is 0.282. The summed E-state index contributed by atoms with van der Waals surface area (Å²) in [5, 5.41) is 9.36. The predicted molar refractivity (Wildman–Crippen MR) is 47.5 cm³/mol. The summed E-state index contributed by atoms with van der Waals surface area (Å²) in [4.78, 5) is 0. The summed E-state index contributed by atoms with van der Waals surface area (Å²) in [5.41, 5.74) is 1.71. The third kappa shape index (κ3) is 1.82. The molecule has 58 valence electrons. The van der Waals surface area contributed by atoms with Crippen LogP contribution in [0.5, 0.6) is 0 Å². The van der Waals surface area contributed by atoms with Crippen molar-refractivity contribution in [2.75, 3.05) is 0 Å². The highest BCUT2D eigenvalue weighted by atomic mass is 35.5. The van der Waals surface area contributed by atoms with Crippen LogP contribution in [0.15, 0.2) is 24.8 Å². The van der Waals surface area contributed by atoms with Gasteiger partial charge in [-0.05, 0) is 17.2 Å². The van der Waals surface area contributed by atoms with E-state index < -0.39 is 0 Å². The maximum absolute atomic E-state index is 8.77. The molecular weight excluding hydrogens is 160 g/mol. The van der Waals surface area contributed by atoms with Crippen LogP contribution in [-0.4, -0.2) is 5.11 Å². The number of rotatable bonds is 2. The van der Waals surface area contributed by atoms with Gasteiger partial charge in [0.05, 0.1) is 6.61 Å². The van der Waals surface area contributed by atoms with E-state index in [4.69, 9.17) is 16.7 Å². The average Bonchev–Trinajstić information content (AvgIpc) is 2.04. The largest absolute Gasteiger partial charge is 0.392 e. The van der Waals surface area contributed by atoms with Crippen molar-refractivity contribution < 1.29 is 5.11 Å². The summed E-state index contributed by atoms with van der Waals surface area (Å²) in [6, 6.07) is 5.43. The Morgan fingerprint density at radius 2 is 2.27 bits per heavy atom. The first-order valence-corrected chi connectivity index (χ1v) is 3.67. The van der Waals surface area contributed by atoms with Crippen molar-refractivity contribution in [1.82, 2.24) is 0 Å². The van der Waals surface area contributed by atoms with Gasteiger partial charge in [-0.3, -0.25) is 0 Å². The van der Waals surface area contributed by atoms with Crippen LogP contribution in [0.25, 0.3) is 6.08 Å². The normalized spacial score (nSPS) is 9.64. The minimum Gasteiger partial charge on any atom is -0.392 e. The Hall–Kier alpha value is -0.790. The number of aliphatic hydroxyl groups excluding tert-OH is 1. The Bertz CT molecular complexity index is 268. The van der Waals surface area contributed by atoms with E-state index in [-0.39, 0.29) is 6.61 Å². The van der Waals surface area contributed by atoms with Gasteiger partial charge >= 0.3 is 0 Å². The van der Waals surface area contributed by atoms with E-state index in [1.807, 2.05) is 6.07 Å². The highest BCUT2D eigenvalue weighted by Gasteiger charge is 1.97. The first-order valence-electron chi connectivity index (χ1n) is 3.29. The van der Waals surface area contributed by atoms with Gasteiger partial charge in [0.15, 0.2) is 0 Å². The zero-order valence-electron chi connectivity index (χ0n) is 6.05. The summed E-state index contributed by atoms with van der Waals surface area (Å²) in [6.07, 6.45) is 1.72. The van der Waals surface area contributed by atoms with Crippen LogP contribution in [0.4, 0.5) is 0 Å². The van der Waals surface area contributed by atoms with Crippen molar-refractivity contribution in [1.29, 1.82) is 0 Å². The molecule has 0 aromatic heterocycles. The molecule has 0 saturated heterocycles. The smallest absolute Gasteiger partial charge is 0.0696 e. The summed E-state index contributed by atoms with van der Waals surface area (Å²) >= 11 is 5.80. The van der Waals surface area contributed by atoms with Crippen molar-refractivity contribution in [3.05, 3.63) is 40.9 Å². The third-order valence-electron chi connectivity index (χ3n) is 1.48. The number of benzene rings is 1. The number of hydrogen-bond acceptors (Lipinski definition) is 1. The van der Waals surface area contributed by atoms with Crippen LogP contribution in [0.3, 0.4) is 0 Å². The van der Waals surface area contributed by atoms with Gasteiger partial charge in [0.2, 0.25) is 0 Å². The minimum absolute atomic E-state index is 0.0176.